The molecule has 1 N–H and O–H groups in total. The SMILES string of the molecule is CC(C)(C(=O)O)C1Cc2ccccc2S1. The Kier molecular flexibility index (Phi) is 2.51. The number of hydrogen-bond donors (Lipinski definition) is 1. The Labute approximate surface area is 93.7 Å². The largest absolute Gasteiger partial charge is 0.481 e. The van der Waals surface area contributed by atoms with Gasteiger partial charge in [0.05, 0.1) is 5.41 Å². The van der Waals surface area contributed by atoms with Crippen LogP contribution in [0.25, 0.3) is 0 Å². The monoisotopic (exact) mass is 222 g/mol. The lowest BCUT2D eigenvalue weighted by atomic mass is 9.86. The Morgan fingerprint density at radius 2 is 2.13 bits per heavy atom. The van der Waals surface area contributed by atoms with E-state index in [2.05, 4.69) is 12.1 Å². The van der Waals surface area contributed by atoms with Crippen LogP contribution in [0.3, 0.4) is 0 Å². The van der Waals surface area contributed by atoms with E-state index in [1.807, 2.05) is 12.1 Å². The van der Waals surface area contributed by atoms with Crippen molar-refractivity contribution in [3.8, 4) is 0 Å². The molecule has 0 aliphatic carbocycles. The second-order valence-electron chi connectivity index (χ2n) is 4.45. The number of aliphatic carboxylic acids is 1. The highest BCUT2D eigenvalue weighted by Crippen LogP contribution is 2.45. The summed E-state index contributed by atoms with van der Waals surface area (Å²) in [6.45, 7) is 3.61. The highest BCUT2D eigenvalue weighted by molar-refractivity contribution is 8.00. The molecule has 2 rings (SSSR count). The van der Waals surface area contributed by atoms with Gasteiger partial charge in [-0.25, -0.2) is 0 Å². The Hall–Kier alpha value is -0.960. The average molecular weight is 222 g/mol. The summed E-state index contributed by atoms with van der Waals surface area (Å²) in [5.41, 5.74) is 0.616. The van der Waals surface area contributed by atoms with E-state index >= 15 is 0 Å². The van der Waals surface area contributed by atoms with Gasteiger partial charge in [-0.1, -0.05) is 18.2 Å². The molecule has 0 spiro atoms. The minimum Gasteiger partial charge on any atom is -0.481 e. The van der Waals surface area contributed by atoms with Gasteiger partial charge in [0, 0.05) is 10.1 Å². The van der Waals surface area contributed by atoms with Crippen molar-refractivity contribution in [3.63, 3.8) is 0 Å². The zero-order valence-electron chi connectivity index (χ0n) is 8.86. The van der Waals surface area contributed by atoms with Crippen LogP contribution in [0.15, 0.2) is 29.2 Å². The molecule has 3 heteroatoms. The highest BCUT2D eigenvalue weighted by atomic mass is 32.2. The third kappa shape index (κ3) is 1.76. The van der Waals surface area contributed by atoms with Gasteiger partial charge >= 0.3 is 5.97 Å². The third-order valence-corrected chi connectivity index (χ3v) is 4.70. The smallest absolute Gasteiger partial charge is 0.310 e. The number of carbonyl (C=O) groups is 1. The Morgan fingerprint density at radius 1 is 1.47 bits per heavy atom. The topological polar surface area (TPSA) is 37.3 Å². The molecular formula is C12H14O2S. The van der Waals surface area contributed by atoms with Crippen LogP contribution in [-0.4, -0.2) is 16.3 Å². The number of carboxylic acid groups (broad SMARTS) is 1. The molecule has 0 amide bonds. The van der Waals surface area contributed by atoms with E-state index in [0.29, 0.717) is 0 Å². The van der Waals surface area contributed by atoms with Crippen LogP contribution in [0, 0.1) is 5.41 Å². The van der Waals surface area contributed by atoms with Crippen molar-refractivity contribution < 1.29 is 9.90 Å². The average Bonchev–Trinajstić information content (AvgIpc) is 2.61. The lowest BCUT2D eigenvalue weighted by molar-refractivity contribution is -0.146. The molecule has 0 saturated carbocycles. The van der Waals surface area contributed by atoms with E-state index in [4.69, 9.17) is 5.11 Å². The van der Waals surface area contributed by atoms with Gasteiger partial charge < -0.3 is 5.11 Å². The summed E-state index contributed by atoms with van der Waals surface area (Å²) in [5, 5.41) is 9.31. The van der Waals surface area contributed by atoms with E-state index < -0.39 is 11.4 Å². The predicted octanol–water partition coefficient (Wildman–Crippen LogP) is 2.81. The second kappa shape index (κ2) is 3.56. The van der Waals surface area contributed by atoms with Crippen LogP contribution in [0.2, 0.25) is 0 Å². The lowest BCUT2D eigenvalue weighted by Gasteiger charge is -2.25. The minimum absolute atomic E-state index is 0.146. The third-order valence-electron chi connectivity index (χ3n) is 3.00. The molecule has 2 nitrogen and oxygen atoms in total. The minimum atomic E-state index is -0.715. The normalized spacial score (nSPS) is 20.0. The van der Waals surface area contributed by atoms with Crippen LogP contribution >= 0.6 is 11.8 Å². The van der Waals surface area contributed by atoms with Crippen molar-refractivity contribution in [2.45, 2.75) is 30.4 Å². The summed E-state index contributed by atoms with van der Waals surface area (Å²) in [4.78, 5) is 12.4. The first kappa shape index (κ1) is 10.6. The van der Waals surface area contributed by atoms with Gasteiger partial charge in [0.2, 0.25) is 0 Å². The molecule has 0 saturated heterocycles. The van der Waals surface area contributed by atoms with E-state index in [0.717, 1.165) is 6.42 Å². The van der Waals surface area contributed by atoms with Crippen LogP contribution in [0.4, 0.5) is 0 Å². The predicted molar refractivity (Wildman–Crippen MR) is 61.2 cm³/mol. The summed E-state index contributed by atoms with van der Waals surface area (Å²) < 4.78 is 0. The summed E-state index contributed by atoms with van der Waals surface area (Å²) in [5.74, 6) is -0.715. The molecule has 0 aromatic heterocycles. The van der Waals surface area contributed by atoms with Gasteiger partial charge in [0.1, 0.15) is 0 Å². The first-order valence-electron chi connectivity index (χ1n) is 5.00. The summed E-state index contributed by atoms with van der Waals surface area (Å²) in [6.07, 6.45) is 0.861. The fraction of sp³-hybridized carbons (Fsp3) is 0.417. The maximum atomic E-state index is 11.1. The highest BCUT2D eigenvalue weighted by Gasteiger charge is 2.40. The molecule has 15 heavy (non-hydrogen) atoms. The molecule has 1 aliphatic heterocycles. The second-order valence-corrected chi connectivity index (χ2v) is 5.69. The number of fused-ring (bicyclic) bond motifs is 1. The van der Waals surface area contributed by atoms with Crippen molar-refractivity contribution in [2.75, 3.05) is 0 Å². The fourth-order valence-electron chi connectivity index (χ4n) is 1.72. The quantitative estimate of drug-likeness (QED) is 0.836. The standard InChI is InChI=1S/C12H14O2S/c1-12(2,11(13)14)10-7-8-5-3-4-6-9(8)15-10/h3-6,10H,7H2,1-2H3,(H,13,14). The first-order chi connectivity index (χ1) is 7.01. The number of benzene rings is 1. The fourth-order valence-corrected chi connectivity index (χ4v) is 3.15. The van der Waals surface area contributed by atoms with Crippen molar-refractivity contribution in [1.29, 1.82) is 0 Å². The molecule has 1 atom stereocenters. The van der Waals surface area contributed by atoms with Gasteiger partial charge in [0.25, 0.3) is 0 Å². The number of thioether (sulfide) groups is 1. The number of rotatable bonds is 2. The molecule has 0 radical (unpaired) electrons. The van der Waals surface area contributed by atoms with Crippen LogP contribution < -0.4 is 0 Å². The first-order valence-corrected chi connectivity index (χ1v) is 5.88. The lowest BCUT2D eigenvalue weighted by Crippen LogP contribution is -2.34. The maximum Gasteiger partial charge on any atom is 0.310 e. The molecule has 0 bridgehead atoms. The Balaban J connectivity index is 2.24. The summed E-state index contributed by atoms with van der Waals surface area (Å²) in [7, 11) is 0. The van der Waals surface area contributed by atoms with E-state index in [1.165, 1.54) is 10.5 Å². The van der Waals surface area contributed by atoms with Crippen molar-refractivity contribution in [2.24, 2.45) is 5.41 Å². The van der Waals surface area contributed by atoms with E-state index in [-0.39, 0.29) is 5.25 Å². The zero-order valence-corrected chi connectivity index (χ0v) is 9.67. The summed E-state index contributed by atoms with van der Waals surface area (Å²) in [6, 6.07) is 8.16. The van der Waals surface area contributed by atoms with Gasteiger partial charge in [-0.3, -0.25) is 4.79 Å². The van der Waals surface area contributed by atoms with Gasteiger partial charge in [-0.2, -0.15) is 0 Å². The van der Waals surface area contributed by atoms with Crippen LogP contribution in [-0.2, 0) is 11.2 Å². The van der Waals surface area contributed by atoms with E-state index in [9.17, 15) is 4.79 Å². The van der Waals surface area contributed by atoms with E-state index in [1.54, 1.807) is 25.6 Å². The molecule has 1 aliphatic rings. The van der Waals surface area contributed by atoms with Crippen LogP contribution in [0.1, 0.15) is 19.4 Å². The molecule has 80 valence electrons. The van der Waals surface area contributed by atoms with Crippen molar-refractivity contribution in [1.82, 2.24) is 0 Å². The summed E-state index contributed by atoms with van der Waals surface area (Å²) >= 11 is 1.69. The van der Waals surface area contributed by atoms with Crippen LogP contribution in [0.5, 0.6) is 0 Å². The van der Waals surface area contributed by atoms with Crippen molar-refractivity contribution in [3.05, 3.63) is 29.8 Å². The van der Waals surface area contributed by atoms with Gasteiger partial charge in [0.15, 0.2) is 0 Å². The molecular weight excluding hydrogens is 208 g/mol. The molecule has 1 aromatic rings. The number of hydrogen-bond acceptors (Lipinski definition) is 2. The molecule has 0 fully saturated rings. The van der Waals surface area contributed by atoms with Gasteiger partial charge in [-0.05, 0) is 31.9 Å². The molecule has 1 aromatic carbocycles. The molecule has 1 unspecified atom stereocenters. The number of carboxylic acids is 1. The van der Waals surface area contributed by atoms with Crippen molar-refractivity contribution >= 4 is 17.7 Å². The zero-order chi connectivity index (χ0) is 11.1. The molecule has 1 heterocycles. The maximum absolute atomic E-state index is 11.1. The van der Waals surface area contributed by atoms with Gasteiger partial charge in [-0.15, -0.1) is 11.8 Å². The Morgan fingerprint density at radius 3 is 2.73 bits per heavy atom. The Bertz CT molecular complexity index is 373.